The van der Waals surface area contributed by atoms with Crippen LogP contribution < -0.4 is 5.56 Å². The summed E-state index contributed by atoms with van der Waals surface area (Å²) in [4.78, 5) is 12.7. The fourth-order valence-corrected chi connectivity index (χ4v) is 2.71. The van der Waals surface area contributed by atoms with E-state index in [1.54, 1.807) is 41.2 Å². The van der Waals surface area contributed by atoms with Crippen LogP contribution in [-0.2, 0) is 6.54 Å². The van der Waals surface area contributed by atoms with Crippen molar-refractivity contribution < 1.29 is 4.39 Å². The second-order valence-electron chi connectivity index (χ2n) is 5.55. The van der Waals surface area contributed by atoms with E-state index in [9.17, 15) is 9.18 Å². The lowest BCUT2D eigenvalue weighted by Crippen LogP contribution is -2.22. The smallest absolute Gasteiger partial charge is 0.276 e. The van der Waals surface area contributed by atoms with Crippen LogP contribution in [0, 0.1) is 5.82 Å². The quantitative estimate of drug-likeness (QED) is 0.581. The van der Waals surface area contributed by atoms with Gasteiger partial charge in [0.25, 0.3) is 5.56 Å². The third-order valence-corrected chi connectivity index (χ3v) is 3.97. The highest BCUT2D eigenvalue weighted by Gasteiger charge is 2.10. The van der Waals surface area contributed by atoms with Crippen molar-refractivity contribution in [3.63, 3.8) is 0 Å². The third kappa shape index (κ3) is 2.50. The summed E-state index contributed by atoms with van der Waals surface area (Å²) in [6.07, 6.45) is 3.34. The molecule has 0 unspecified atom stereocenters. The number of fused-ring (bicyclic) bond motifs is 1. The summed E-state index contributed by atoms with van der Waals surface area (Å²) < 4.78 is 16.9. The summed E-state index contributed by atoms with van der Waals surface area (Å²) in [5, 5.41) is 4.44. The zero-order valence-corrected chi connectivity index (χ0v) is 12.8. The van der Waals surface area contributed by atoms with Crippen LogP contribution in [0.25, 0.3) is 16.8 Å². The fraction of sp³-hybridized carbons (Fsp3) is 0.0526. The topological polar surface area (TPSA) is 39.3 Å². The standard InChI is InChI=1S/C19H14FN3O/c20-16-9-5-4-8-15(16)13-22-10-11-23-18(19(22)24)12-17(21-23)14-6-2-1-3-7-14/h1-12H,13H2. The molecule has 4 nitrogen and oxygen atoms in total. The summed E-state index contributed by atoms with van der Waals surface area (Å²) in [6.45, 7) is 0.188. The molecule has 24 heavy (non-hydrogen) atoms. The van der Waals surface area contributed by atoms with Crippen LogP contribution in [-0.4, -0.2) is 14.2 Å². The Morgan fingerprint density at radius 2 is 1.71 bits per heavy atom. The molecule has 0 amide bonds. The number of hydrogen-bond donors (Lipinski definition) is 0. The van der Waals surface area contributed by atoms with E-state index in [4.69, 9.17) is 0 Å². The predicted molar refractivity (Wildman–Crippen MR) is 90.4 cm³/mol. The summed E-state index contributed by atoms with van der Waals surface area (Å²) in [7, 11) is 0. The molecule has 0 aliphatic carbocycles. The molecule has 0 saturated carbocycles. The van der Waals surface area contributed by atoms with E-state index < -0.39 is 0 Å². The van der Waals surface area contributed by atoms with Crippen LogP contribution in [0.3, 0.4) is 0 Å². The molecule has 2 aromatic heterocycles. The monoisotopic (exact) mass is 319 g/mol. The lowest BCUT2D eigenvalue weighted by atomic mass is 10.1. The summed E-state index contributed by atoms with van der Waals surface area (Å²) in [6, 6.07) is 17.9. The highest BCUT2D eigenvalue weighted by atomic mass is 19.1. The maximum atomic E-state index is 13.8. The van der Waals surface area contributed by atoms with Gasteiger partial charge in [-0.1, -0.05) is 48.5 Å². The van der Waals surface area contributed by atoms with Gasteiger partial charge >= 0.3 is 0 Å². The second kappa shape index (κ2) is 5.77. The SMILES string of the molecule is O=c1c2cc(-c3ccccc3)nn2ccn1Cc1ccccc1F. The molecule has 0 aliphatic rings. The maximum Gasteiger partial charge on any atom is 0.276 e. The van der Waals surface area contributed by atoms with Crippen molar-refractivity contribution in [2.45, 2.75) is 6.54 Å². The molecular formula is C19H14FN3O. The zero-order valence-electron chi connectivity index (χ0n) is 12.8. The van der Waals surface area contributed by atoms with Crippen LogP contribution in [0.5, 0.6) is 0 Å². The number of halogens is 1. The first kappa shape index (κ1) is 14.4. The number of benzene rings is 2. The first-order chi connectivity index (χ1) is 11.7. The number of hydrogen-bond acceptors (Lipinski definition) is 2. The molecule has 0 atom stereocenters. The Balaban J connectivity index is 1.78. The highest BCUT2D eigenvalue weighted by Crippen LogP contribution is 2.17. The van der Waals surface area contributed by atoms with Crippen molar-refractivity contribution in [3.8, 4) is 11.3 Å². The Morgan fingerprint density at radius 3 is 2.50 bits per heavy atom. The number of aromatic nitrogens is 3. The first-order valence-electron chi connectivity index (χ1n) is 7.60. The molecule has 0 radical (unpaired) electrons. The molecule has 0 bridgehead atoms. The van der Waals surface area contributed by atoms with Crippen LogP contribution in [0.2, 0.25) is 0 Å². The Morgan fingerprint density at radius 1 is 0.958 bits per heavy atom. The van der Waals surface area contributed by atoms with Gasteiger partial charge in [-0.2, -0.15) is 5.10 Å². The zero-order chi connectivity index (χ0) is 16.5. The van der Waals surface area contributed by atoms with Gasteiger partial charge in [-0.3, -0.25) is 4.79 Å². The van der Waals surface area contributed by atoms with Gasteiger partial charge in [0.05, 0.1) is 12.2 Å². The molecule has 4 aromatic rings. The second-order valence-corrected chi connectivity index (χ2v) is 5.55. The van der Waals surface area contributed by atoms with Gasteiger partial charge in [0, 0.05) is 23.5 Å². The summed E-state index contributed by atoms with van der Waals surface area (Å²) in [5.41, 5.74) is 2.42. The van der Waals surface area contributed by atoms with E-state index >= 15 is 0 Å². The van der Waals surface area contributed by atoms with Crippen molar-refractivity contribution in [1.29, 1.82) is 0 Å². The molecule has 2 aromatic carbocycles. The van der Waals surface area contributed by atoms with Gasteiger partial charge in [-0.15, -0.1) is 0 Å². The summed E-state index contributed by atoms with van der Waals surface area (Å²) >= 11 is 0. The average molecular weight is 319 g/mol. The van der Waals surface area contributed by atoms with Crippen LogP contribution >= 0.6 is 0 Å². The molecule has 2 heterocycles. The lowest BCUT2D eigenvalue weighted by molar-refractivity contribution is 0.595. The van der Waals surface area contributed by atoms with Crippen LogP contribution in [0.4, 0.5) is 4.39 Å². The van der Waals surface area contributed by atoms with E-state index in [1.165, 1.54) is 10.6 Å². The Labute approximate surface area is 137 Å². The lowest BCUT2D eigenvalue weighted by Gasteiger charge is -2.06. The highest BCUT2D eigenvalue weighted by molar-refractivity contribution is 5.65. The van der Waals surface area contributed by atoms with Gasteiger partial charge in [-0.05, 0) is 12.1 Å². The molecule has 0 saturated heterocycles. The van der Waals surface area contributed by atoms with E-state index in [-0.39, 0.29) is 17.9 Å². The summed E-state index contributed by atoms with van der Waals surface area (Å²) in [5.74, 6) is -0.317. The van der Waals surface area contributed by atoms with Crippen molar-refractivity contribution in [1.82, 2.24) is 14.2 Å². The number of nitrogens with zero attached hydrogens (tertiary/aromatic N) is 3. The van der Waals surface area contributed by atoms with Gasteiger partial charge < -0.3 is 4.57 Å². The maximum absolute atomic E-state index is 13.8. The average Bonchev–Trinajstić information content (AvgIpc) is 3.05. The fourth-order valence-electron chi connectivity index (χ4n) is 2.71. The molecule has 0 aliphatic heterocycles. The van der Waals surface area contributed by atoms with Crippen molar-refractivity contribution in [3.05, 3.63) is 94.8 Å². The molecule has 0 fully saturated rings. The molecule has 4 rings (SSSR count). The van der Waals surface area contributed by atoms with E-state index in [2.05, 4.69) is 5.10 Å². The van der Waals surface area contributed by atoms with Crippen molar-refractivity contribution in [2.24, 2.45) is 0 Å². The minimum Gasteiger partial charge on any atom is -0.308 e. The molecule has 0 N–H and O–H groups in total. The van der Waals surface area contributed by atoms with E-state index in [0.29, 0.717) is 11.1 Å². The van der Waals surface area contributed by atoms with E-state index in [0.717, 1.165) is 11.3 Å². The Kier molecular flexibility index (Phi) is 3.46. The normalized spacial score (nSPS) is 11.0. The van der Waals surface area contributed by atoms with Gasteiger partial charge in [-0.25, -0.2) is 8.91 Å². The van der Waals surface area contributed by atoms with Gasteiger partial charge in [0.15, 0.2) is 0 Å². The first-order valence-corrected chi connectivity index (χ1v) is 7.60. The minimum absolute atomic E-state index is 0.188. The minimum atomic E-state index is -0.317. The molecule has 5 heteroatoms. The predicted octanol–water partition coefficient (Wildman–Crippen LogP) is 3.35. The largest absolute Gasteiger partial charge is 0.308 e. The van der Waals surface area contributed by atoms with E-state index in [1.807, 2.05) is 30.3 Å². The van der Waals surface area contributed by atoms with Gasteiger partial charge in [0.2, 0.25) is 0 Å². The number of rotatable bonds is 3. The van der Waals surface area contributed by atoms with Crippen molar-refractivity contribution in [2.75, 3.05) is 0 Å². The van der Waals surface area contributed by atoms with Crippen molar-refractivity contribution >= 4 is 5.52 Å². The van der Waals surface area contributed by atoms with Crippen LogP contribution in [0.15, 0.2) is 77.9 Å². The third-order valence-electron chi connectivity index (χ3n) is 3.97. The Bertz CT molecular complexity index is 1070. The Hall–Kier alpha value is -3.21. The molecular weight excluding hydrogens is 305 g/mol. The van der Waals surface area contributed by atoms with Gasteiger partial charge in [0.1, 0.15) is 11.3 Å². The molecule has 118 valence electrons. The molecule has 0 spiro atoms. The van der Waals surface area contributed by atoms with Crippen LogP contribution in [0.1, 0.15) is 5.56 Å².